The summed E-state index contributed by atoms with van der Waals surface area (Å²) >= 11 is 0. The molecule has 0 saturated heterocycles. The Labute approximate surface area is 121 Å². The maximum absolute atomic E-state index is 5.83. The van der Waals surface area contributed by atoms with E-state index in [-0.39, 0.29) is 6.04 Å². The van der Waals surface area contributed by atoms with Crippen LogP contribution in [-0.2, 0) is 4.74 Å². The van der Waals surface area contributed by atoms with Crippen LogP contribution in [0.3, 0.4) is 0 Å². The largest absolute Gasteiger partial charge is 0.406 e. The van der Waals surface area contributed by atoms with Gasteiger partial charge < -0.3 is 19.4 Å². The number of nitrogens with zero attached hydrogens (tertiary/aromatic N) is 3. The van der Waals surface area contributed by atoms with E-state index in [4.69, 9.17) is 9.15 Å². The van der Waals surface area contributed by atoms with Gasteiger partial charge in [0.1, 0.15) is 0 Å². The summed E-state index contributed by atoms with van der Waals surface area (Å²) in [6.45, 7) is 10.7. The van der Waals surface area contributed by atoms with E-state index < -0.39 is 0 Å². The highest BCUT2D eigenvalue weighted by Gasteiger charge is 2.22. The van der Waals surface area contributed by atoms with Crippen molar-refractivity contribution >= 4 is 6.01 Å². The lowest BCUT2D eigenvalue weighted by molar-refractivity contribution is 0.200. The first-order valence-corrected chi connectivity index (χ1v) is 7.50. The second-order valence-electron chi connectivity index (χ2n) is 4.86. The minimum Gasteiger partial charge on any atom is -0.406 e. The SMILES string of the molecule is CCNC(C)c1nnc(N(CCOC)C(CC)CC)o1. The molecule has 116 valence electrons. The summed E-state index contributed by atoms with van der Waals surface area (Å²) in [5.74, 6) is 0.634. The predicted molar refractivity (Wildman–Crippen MR) is 80.0 cm³/mol. The highest BCUT2D eigenvalue weighted by Crippen LogP contribution is 2.21. The molecule has 1 heterocycles. The number of anilines is 1. The van der Waals surface area contributed by atoms with E-state index in [2.05, 4.69) is 41.2 Å². The molecular weight excluding hydrogens is 256 g/mol. The summed E-state index contributed by atoms with van der Waals surface area (Å²) in [6.07, 6.45) is 2.08. The van der Waals surface area contributed by atoms with Crippen molar-refractivity contribution in [2.45, 2.75) is 52.6 Å². The van der Waals surface area contributed by atoms with Crippen molar-refractivity contribution in [3.63, 3.8) is 0 Å². The molecule has 6 nitrogen and oxygen atoms in total. The second-order valence-corrected chi connectivity index (χ2v) is 4.86. The molecule has 6 heteroatoms. The molecule has 0 radical (unpaired) electrons. The van der Waals surface area contributed by atoms with E-state index in [9.17, 15) is 0 Å². The lowest BCUT2D eigenvalue weighted by Gasteiger charge is -2.28. The van der Waals surface area contributed by atoms with Crippen LogP contribution in [0.5, 0.6) is 0 Å². The number of ether oxygens (including phenoxy) is 1. The van der Waals surface area contributed by atoms with Gasteiger partial charge in [-0.05, 0) is 26.3 Å². The van der Waals surface area contributed by atoms with Crippen molar-refractivity contribution in [1.82, 2.24) is 15.5 Å². The number of hydrogen-bond acceptors (Lipinski definition) is 6. The molecule has 20 heavy (non-hydrogen) atoms. The molecule has 1 unspecified atom stereocenters. The molecule has 0 aliphatic carbocycles. The molecule has 1 aromatic heterocycles. The second kappa shape index (κ2) is 8.92. The van der Waals surface area contributed by atoms with E-state index in [0.29, 0.717) is 24.6 Å². The molecule has 1 rings (SSSR count). The minimum atomic E-state index is 0.0761. The molecule has 0 fully saturated rings. The van der Waals surface area contributed by atoms with E-state index in [1.807, 2.05) is 6.92 Å². The van der Waals surface area contributed by atoms with E-state index in [1.165, 1.54) is 0 Å². The molecule has 1 atom stereocenters. The van der Waals surface area contributed by atoms with Crippen molar-refractivity contribution in [1.29, 1.82) is 0 Å². The Morgan fingerprint density at radius 3 is 2.50 bits per heavy atom. The monoisotopic (exact) mass is 284 g/mol. The molecular formula is C14H28N4O2. The predicted octanol–water partition coefficient (Wildman–Crippen LogP) is 2.38. The lowest BCUT2D eigenvalue weighted by atomic mass is 10.1. The fraction of sp³-hybridized carbons (Fsp3) is 0.857. The average molecular weight is 284 g/mol. The third kappa shape index (κ3) is 4.45. The first kappa shape index (κ1) is 16.9. The quantitative estimate of drug-likeness (QED) is 0.711. The Balaban J connectivity index is 2.84. The molecule has 1 N–H and O–H groups in total. The number of nitrogens with one attached hydrogen (secondary N) is 1. The summed E-state index contributed by atoms with van der Waals surface area (Å²) in [5.41, 5.74) is 0. The normalized spacial score (nSPS) is 12.9. The summed E-state index contributed by atoms with van der Waals surface area (Å²) in [7, 11) is 1.71. The first-order valence-electron chi connectivity index (χ1n) is 7.50. The van der Waals surface area contributed by atoms with Crippen LogP contribution in [-0.4, -0.2) is 43.0 Å². The Morgan fingerprint density at radius 2 is 1.95 bits per heavy atom. The Kier molecular flexibility index (Phi) is 7.54. The van der Waals surface area contributed by atoms with E-state index >= 15 is 0 Å². The summed E-state index contributed by atoms with van der Waals surface area (Å²) in [4.78, 5) is 2.15. The number of aromatic nitrogens is 2. The van der Waals surface area contributed by atoms with Crippen molar-refractivity contribution in [2.75, 3.05) is 31.7 Å². The third-order valence-corrected chi connectivity index (χ3v) is 3.48. The van der Waals surface area contributed by atoms with Gasteiger partial charge in [0.15, 0.2) is 0 Å². The maximum Gasteiger partial charge on any atom is 0.318 e. The topological polar surface area (TPSA) is 63.4 Å². The average Bonchev–Trinajstić information content (AvgIpc) is 2.93. The summed E-state index contributed by atoms with van der Waals surface area (Å²) in [5, 5.41) is 11.6. The van der Waals surface area contributed by atoms with Gasteiger partial charge >= 0.3 is 6.01 Å². The van der Waals surface area contributed by atoms with Gasteiger partial charge in [-0.1, -0.05) is 25.9 Å². The van der Waals surface area contributed by atoms with Crippen LogP contribution in [0.1, 0.15) is 52.5 Å². The summed E-state index contributed by atoms with van der Waals surface area (Å²) < 4.78 is 11.0. The van der Waals surface area contributed by atoms with Crippen molar-refractivity contribution < 1.29 is 9.15 Å². The van der Waals surface area contributed by atoms with Crippen molar-refractivity contribution in [3.8, 4) is 0 Å². The molecule has 0 aromatic carbocycles. The lowest BCUT2D eigenvalue weighted by Crippen LogP contribution is -2.37. The number of rotatable bonds is 10. The number of hydrogen-bond donors (Lipinski definition) is 1. The van der Waals surface area contributed by atoms with Gasteiger partial charge in [0.2, 0.25) is 5.89 Å². The molecule has 0 amide bonds. The van der Waals surface area contributed by atoms with Gasteiger partial charge in [-0.2, -0.15) is 0 Å². The number of methoxy groups -OCH3 is 1. The van der Waals surface area contributed by atoms with Crippen LogP contribution in [0.15, 0.2) is 4.42 Å². The van der Waals surface area contributed by atoms with Gasteiger partial charge in [-0.15, -0.1) is 5.10 Å². The highest BCUT2D eigenvalue weighted by molar-refractivity contribution is 5.26. The first-order chi connectivity index (χ1) is 9.67. The van der Waals surface area contributed by atoms with Crippen LogP contribution < -0.4 is 10.2 Å². The maximum atomic E-state index is 5.83. The molecule has 1 aromatic rings. The van der Waals surface area contributed by atoms with E-state index in [1.54, 1.807) is 7.11 Å². The third-order valence-electron chi connectivity index (χ3n) is 3.48. The fourth-order valence-electron chi connectivity index (χ4n) is 2.26. The van der Waals surface area contributed by atoms with Crippen LogP contribution >= 0.6 is 0 Å². The van der Waals surface area contributed by atoms with Crippen molar-refractivity contribution in [3.05, 3.63) is 5.89 Å². The van der Waals surface area contributed by atoms with Crippen LogP contribution in [0.4, 0.5) is 6.01 Å². The molecule has 0 saturated carbocycles. The van der Waals surface area contributed by atoms with Crippen LogP contribution in [0, 0.1) is 0 Å². The highest BCUT2D eigenvalue weighted by atomic mass is 16.5. The van der Waals surface area contributed by atoms with Crippen LogP contribution in [0.2, 0.25) is 0 Å². The smallest absolute Gasteiger partial charge is 0.318 e. The molecule has 0 aliphatic rings. The standard InChI is InChI=1S/C14H28N4O2/c1-6-12(7-2)18(9-10-19-5)14-17-16-13(20-14)11(4)15-8-3/h11-12,15H,6-10H2,1-5H3. The Morgan fingerprint density at radius 1 is 1.25 bits per heavy atom. The minimum absolute atomic E-state index is 0.0761. The summed E-state index contributed by atoms with van der Waals surface area (Å²) in [6, 6.07) is 1.07. The zero-order chi connectivity index (χ0) is 15.0. The molecule has 0 bridgehead atoms. The van der Waals surface area contributed by atoms with E-state index in [0.717, 1.165) is 25.9 Å². The Bertz CT molecular complexity index is 366. The fourth-order valence-corrected chi connectivity index (χ4v) is 2.26. The molecule has 0 spiro atoms. The Hall–Kier alpha value is -1.14. The zero-order valence-corrected chi connectivity index (χ0v) is 13.3. The van der Waals surface area contributed by atoms with Gasteiger partial charge in [-0.25, -0.2) is 0 Å². The zero-order valence-electron chi connectivity index (χ0n) is 13.3. The van der Waals surface area contributed by atoms with Gasteiger partial charge in [-0.3, -0.25) is 0 Å². The van der Waals surface area contributed by atoms with Gasteiger partial charge in [0.25, 0.3) is 0 Å². The van der Waals surface area contributed by atoms with Crippen molar-refractivity contribution in [2.24, 2.45) is 0 Å². The van der Waals surface area contributed by atoms with Crippen LogP contribution in [0.25, 0.3) is 0 Å². The molecule has 0 aliphatic heterocycles. The van der Waals surface area contributed by atoms with Gasteiger partial charge in [0, 0.05) is 19.7 Å². The van der Waals surface area contributed by atoms with Gasteiger partial charge in [0.05, 0.1) is 12.6 Å².